The molecule has 0 amide bonds. The molecule has 1 fully saturated rings. The van der Waals surface area contributed by atoms with Crippen LogP contribution in [0.1, 0.15) is 37.3 Å². The van der Waals surface area contributed by atoms with Gasteiger partial charge in [0.05, 0.1) is 0 Å². The lowest BCUT2D eigenvalue weighted by Gasteiger charge is -2.24. The van der Waals surface area contributed by atoms with Crippen LogP contribution in [0.15, 0.2) is 18.2 Å². The highest BCUT2D eigenvalue weighted by molar-refractivity contribution is 5.57. The van der Waals surface area contributed by atoms with E-state index in [2.05, 4.69) is 43.9 Å². The zero-order valence-corrected chi connectivity index (χ0v) is 11.2. The molecule has 2 rings (SSSR count). The monoisotopic (exact) mass is 232 g/mol. The van der Waals surface area contributed by atoms with E-state index in [1.165, 1.54) is 23.2 Å². The van der Waals surface area contributed by atoms with Gasteiger partial charge in [-0.3, -0.25) is 0 Å². The molecule has 1 unspecified atom stereocenters. The molecule has 0 radical (unpaired) electrons. The number of hydrogen-bond donors (Lipinski definition) is 1. The molecule has 1 heterocycles. The summed E-state index contributed by atoms with van der Waals surface area (Å²) in [6.07, 6.45) is 1.24. The van der Waals surface area contributed by atoms with Crippen LogP contribution in [0.2, 0.25) is 0 Å². The molecule has 1 aromatic carbocycles. The van der Waals surface area contributed by atoms with Gasteiger partial charge in [0.25, 0.3) is 0 Å². The van der Waals surface area contributed by atoms with E-state index in [9.17, 15) is 0 Å². The van der Waals surface area contributed by atoms with Gasteiger partial charge in [-0.1, -0.05) is 26.0 Å². The van der Waals surface area contributed by atoms with Crippen molar-refractivity contribution < 1.29 is 0 Å². The molecule has 2 N–H and O–H groups in total. The summed E-state index contributed by atoms with van der Waals surface area (Å²) in [4.78, 5) is 2.51. The third-order valence-electron chi connectivity index (χ3n) is 3.77. The molecule has 1 aliphatic rings. The van der Waals surface area contributed by atoms with E-state index in [1.807, 2.05) is 0 Å². The standard InChI is InChI=1S/C15H24N2/c1-11(2)14-5-4-12(3)8-15(14)17-7-6-13(9-16)10-17/h4-5,8,11,13H,6-7,9-10,16H2,1-3H3. The molecule has 0 spiro atoms. The van der Waals surface area contributed by atoms with Crippen LogP contribution < -0.4 is 10.6 Å². The Hall–Kier alpha value is -1.02. The zero-order valence-electron chi connectivity index (χ0n) is 11.2. The molecule has 17 heavy (non-hydrogen) atoms. The number of nitrogens with two attached hydrogens (primary N) is 1. The lowest BCUT2D eigenvalue weighted by atomic mass is 9.99. The van der Waals surface area contributed by atoms with E-state index in [0.717, 1.165) is 19.6 Å². The van der Waals surface area contributed by atoms with Crippen LogP contribution in [0.4, 0.5) is 5.69 Å². The second-order valence-corrected chi connectivity index (χ2v) is 5.55. The summed E-state index contributed by atoms with van der Waals surface area (Å²) in [7, 11) is 0. The molecule has 1 aliphatic heterocycles. The van der Waals surface area contributed by atoms with E-state index in [4.69, 9.17) is 5.73 Å². The second-order valence-electron chi connectivity index (χ2n) is 5.55. The molecule has 1 aromatic rings. The topological polar surface area (TPSA) is 29.3 Å². The highest BCUT2D eigenvalue weighted by atomic mass is 15.2. The summed E-state index contributed by atoms with van der Waals surface area (Å²) in [5.74, 6) is 1.26. The van der Waals surface area contributed by atoms with Crippen molar-refractivity contribution in [1.82, 2.24) is 0 Å². The highest BCUT2D eigenvalue weighted by Gasteiger charge is 2.23. The minimum atomic E-state index is 0.586. The lowest BCUT2D eigenvalue weighted by Crippen LogP contribution is -2.23. The van der Waals surface area contributed by atoms with Crippen molar-refractivity contribution >= 4 is 5.69 Å². The quantitative estimate of drug-likeness (QED) is 0.868. The summed E-state index contributed by atoms with van der Waals surface area (Å²) in [6.45, 7) is 9.81. The Balaban J connectivity index is 2.27. The molecule has 0 saturated carbocycles. The minimum absolute atomic E-state index is 0.586. The van der Waals surface area contributed by atoms with E-state index >= 15 is 0 Å². The smallest absolute Gasteiger partial charge is 0.0404 e. The molecule has 94 valence electrons. The van der Waals surface area contributed by atoms with Gasteiger partial charge in [0.1, 0.15) is 0 Å². The Kier molecular flexibility index (Phi) is 3.72. The van der Waals surface area contributed by atoms with Crippen LogP contribution in [-0.4, -0.2) is 19.6 Å². The molecule has 0 bridgehead atoms. The average molecular weight is 232 g/mol. The van der Waals surface area contributed by atoms with Crippen molar-refractivity contribution in [2.45, 2.75) is 33.1 Å². The van der Waals surface area contributed by atoms with Gasteiger partial charge in [0, 0.05) is 18.8 Å². The molecule has 0 aliphatic carbocycles. The van der Waals surface area contributed by atoms with Gasteiger partial charge in [-0.2, -0.15) is 0 Å². The first-order chi connectivity index (χ1) is 8.11. The third kappa shape index (κ3) is 2.63. The maximum absolute atomic E-state index is 5.78. The molecule has 1 atom stereocenters. The fourth-order valence-electron chi connectivity index (χ4n) is 2.66. The predicted molar refractivity (Wildman–Crippen MR) is 74.6 cm³/mol. The molecule has 1 saturated heterocycles. The Morgan fingerprint density at radius 1 is 1.41 bits per heavy atom. The molecular weight excluding hydrogens is 208 g/mol. The molecule has 2 nitrogen and oxygen atoms in total. The van der Waals surface area contributed by atoms with Crippen molar-refractivity contribution in [2.75, 3.05) is 24.5 Å². The number of rotatable bonds is 3. The molecule has 2 heteroatoms. The Morgan fingerprint density at radius 3 is 2.76 bits per heavy atom. The molecule has 0 aromatic heterocycles. The number of hydrogen-bond acceptors (Lipinski definition) is 2. The Labute approximate surface area is 105 Å². The predicted octanol–water partition coefficient (Wildman–Crippen LogP) is 2.90. The van der Waals surface area contributed by atoms with Gasteiger partial charge in [0.2, 0.25) is 0 Å². The number of aryl methyl sites for hydroxylation is 1. The normalized spacial score (nSPS) is 20.3. The Morgan fingerprint density at radius 2 is 2.18 bits per heavy atom. The van der Waals surface area contributed by atoms with Gasteiger partial charge in [0.15, 0.2) is 0 Å². The molecular formula is C15H24N2. The van der Waals surface area contributed by atoms with Crippen LogP contribution in [0, 0.1) is 12.8 Å². The summed E-state index contributed by atoms with van der Waals surface area (Å²) in [5, 5.41) is 0. The van der Waals surface area contributed by atoms with Gasteiger partial charge in [-0.25, -0.2) is 0 Å². The van der Waals surface area contributed by atoms with Gasteiger partial charge in [-0.05, 0) is 48.9 Å². The SMILES string of the molecule is Cc1ccc(C(C)C)c(N2CCC(CN)C2)c1. The van der Waals surface area contributed by atoms with Crippen LogP contribution in [0.25, 0.3) is 0 Å². The second kappa shape index (κ2) is 5.09. The van der Waals surface area contributed by atoms with Crippen LogP contribution in [-0.2, 0) is 0 Å². The van der Waals surface area contributed by atoms with Gasteiger partial charge < -0.3 is 10.6 Å². The summed E-state index contributed by atoms with van der Waals surface area (Å²) in [5.41, 5.74) is 10.0. The average Bonchev–Trinajstić information content (AvgIpc) is 2.76. The largest absolute Gasteiger partial charge is 0.371 e. The maximum Gasteiger partial charge on any atom is 0.0404 e. The van der Waals surface area contributed by atoms with Crippen molar-refractivity contribution in [3.8, 4) is 0 Å². The van der Waals surface area contributed by atoms with Gasteiger partial charge >= 0.3 is 0 Å². The van der Waals surface area contributed by atoms with Crippen molar-refractivity contribution in [3.63, 3.8) is 0 Å². The maximum atomic E-state index is 5.78. The van der Waals surface area contributed by atoms with Crippen LogP contribution >= 0.6 is 0 Å². The number of benzene rings is 1. The Bertz CT molecular complexity index is 385. The summed E-state index contributed by atoms with van der Waals surface area (Å²) in [6, 6.07) is 6.83. The summed E-state index contributed by atoms with van der Waals surface area (Å²) < 4.78 is 0. The van der Waals surface area contributed by atoms with E-state index in [-0.39, 0.29) is 0 Å². The fraction of sp³-hybridized carbons (Fsp3) is 0.600. The highest BCUT2D eigenvalue weighted by Crippen LogP contribution is 2.32. The van der Waals surface area contributed by atoms with E-state index in [1.54, 1.807) is 0 Å². The minimum Gasteiger partial charge on any atom is -0.371 e. The first kappa shape index (κ1) is 12.4. The van der Waals surface area contributed by atoms with Crippen LogP contribution in [0.3, 0.4) is 0 Å². The van der Waals surface area contributed by atoms with E-state index in [0.29, 0.717) is 11.8 Å². The lowest BCUT2D eigenvalue weighted by molar-refractivity contribution is 0.602. The van der Waals surface area contributed by atoms with Crippen molar-refractivity contribution in [3.05, 3.63) is 29.3 Å². The fourth-order valence-corrected chi connectivity index (χ4v) is 2.66. The van der Waals surface area contributed by atoms with E-state index < -0.39 is 0 Å². The third-order valence-corrected chi connectivity index (χ3v) is 3.77. The zero-order chi connectivity index (χ0) is 12.4. The number of anilines is 1. The first-order valence-electron chi connectivity index (χ1n) is 6.67. The number of nitrogens with zero attached hydrogens (tertiary/aromatic N) is 1. The van der Waals surface area contributed by atoms with Crippen molar-refractivity contribution in [1.29, 1.82) is 0 Å². The van der Waals surface area contributed by atoms with Crippen molar-refractivity contribution in [2.24, 2.45) is 11.7 Å². The van der Waals surface area contributed by atoms with Gasteiger partial charge in [-0.15, -0.1) is 0 Å². The summed E-state index contributed by atoms with van der Waals surface area (Å²) >= 11 is 0. The first-order valence-corrected chi connectivity index (χ1v) is 6.67. The van der Waals surface area contributed by atoms with Crippen LogP contribution in [0.5, 0.6) is 0 Å².